The van der Waals surface area contributed by atoms with Crippen molar-refractivity contribution in [1.82, 2.24) is 0 Å². The van der Waals surface area contributed by atoms with E-state index in [-0.39, 0.29) is 11.3 Å². The van der Waals surface area contributed by atoms with Crippen molar-refractivity contribution in [3.05, 3.63) is 45.5 Å². The van der Waals surface area contributed by atoms with Crippen LogP contribution in [0.4, 0.5) is 5.69 Å². The lowest BCUT2D eigenvalue weighted by Gasteiger charge is -2.13. The van der Waals surface area contributed by atoms with Crippen LogP contribution in [-0.4, -0.2) is 29.6 Å². The van der Waals surface area contributed by atoms with Gasteiger partial charge in [-0.3, -0.25) is 14.9 Å². The lowest BCUT2D eigenvalue weighted by Crippen LogP contribution is -2.21. The van der Waals surface area contributed by atoms with Gasteiger partial charge in [0.15, 0.2) is 12.1 Å². The second-order valence-electron chi connectivity index (χ2n) is 4.39. The fourth-order valence-corrected chi connectivity index (χ4v) is 1.68. The number of Topliss-reactive ketones (excluding diaryl/α,β-unsaturated/α-hetero) is 1. The summed E-state index contributed by atoms with van der Waals surface area (Å²) in [6, 6.07) is 5.60. The van der Waals surface area contributed by atoms with E-state index in [0.717, 1.165) is 0 Å². The topological polar surface area (TPSA) is 95.7 Å². The molecule has 1 atom stereocenters. The summed E-state index contributed by atoms with van der Waals surface area (Å²) in [6.45, 7) is 4.86. The van der Waals surface area contributed by atoms with Gasteiger partial charge < -0.3 is 9.47 Å². The van der Waals surface area contributed by atoms with Gasteiger partial charge >= 0.3 is 5.97 Å². The van der Waals surface area contributed by atoms with Crippen LogP contribution in [-0.2, 0) is 19.1 Å². The summed E-state index contributed by atoms with van der Waals surface area (Å²) < 4.78 is 10.1. The monoisotopic (exact) mass is 307 g/mol. The number of nitro benzene ring substituents is 1. The van der Waals surface area contributed by atoms with Gasteiger partial charge in [0.05, 0.1) is 4.92 Å². The van der Waals surface area contributed by atoms with Crippen LogP contribution < -0.4 is 0 Å². The average Bonchev–Trinajstić information content (AvgIpc) is 2.44. The molecule has 0 unspecified atom stereocenters. The highest BCUT2D eigenvalue weighted by atomic mass is 16.7. The molecule has 0 aromatic heterocycles. The molecule has 0 radical (unpaired) electrons. The van der Waals surface area contributed by atoms with Gasteiger partial charge in [-0.1, -0.05) is 12.1 Å². The smallest absolute Gasteiger partial charge is 0.344 e. The molecular formula is C15H17NO6. The zero-order valence-electron chi connectivity index (χ0n) is 12.6. The number of esters is 1. The summed E-state index contributed by atoms with van der Waals surface area (Å²) in [4.78, 5) is 33.8. The van der Waals surface area contributed by atoms with E-state index in [1.807, 2.05) is 0 Å². The van der Waals surface area contributed by atoms with Crippen LogP contribution in [0, 0.1) is 10.1 Å². The highest BCUT2D eigenvalue weighted by molar-refractivity contribution is 6.19. The Morgan fingerprint density at radius 3 is 2.64 bits per heavy atom. The zero-order valence-corrected chi connectivity index (χ0v) is 12.6. The fourth-order valence-electron chi connectivity index (χ4n) is 1.68. The lowest BCUT2D eigenvalue weighted by atomic mass is 10.1. The number of nitrogens with zero attached hydrogens (tertiary/aromatic N) is 1. The molecule has 1 aromatic carbocycles. The van der Waals surface area contributed by atoms with E-state index in [4.69, 9.17) is 9.47 Å². The van der Waals surface area contributed by atoms with Crippen LogP contribution in [0.5, 0.6) is 0 Å². The Morgan fingerprint density at radius 1 is 1.41 bits per heavy atom. The van der Waals surface area contributed by atoms with Gasteiger partial charge in [0.1, 0.15) is 5.57 Å². The number of ether oxygens (including phenoxy) is 2. The molecule has 0 amide bonds. The number of hydrogen-bond acceptors (Lipinski definition) is 6. The molecule has 7 nitrogen and oxygen atoms in total. The second kappa shape index (κ2) is 8.04. The van der Waals surface area contributed by atoms with Crippen molar-refractivity contribution in [3.8, 4) is 0 Å². The quantitative estimate of drug-likeness (QED) is 0.146. The third-order valence-electron chi connectivity index (χ3n) is 2.67. The minimum Gasteiger partial charge on any atom is -0.432 e. The molecule has 0 N–H and O–H groups in total. The molecule has 0 aliphatic rings. The molecule has 118 valence electrons. The Labute approximate surface area is 127 Å². The van der Waals surface area contributed by atoms with Crippen molar-refractivity contribution in [3.63, 3.8) is 0 Å². The Kier molecular flexibility index (Phi) is 6.40. The van der Waals surface area contributed by atoms with Crippen LogP contribution >= 0.6 is 0 Å². The molecule has 22 heavy (non-hydrogen) atoms. The van der Waals surface area contributed by atoms with Crippen molar-refractivity contribution < 1.29 is 24.0 Å². The number of benzene rings is 1. The van der Waals surface area contributed by atoms with Crippen LogP contribution in [0.15, 0.2) is 29.8 Å². The normalized spacial score (nSPS) is 12.6. The van der Waals surface area contributed by atoms with Crippen LogP contribution in [0.1, 0.15) is 26.3 Å². The molecule has 1 rings (SSSR count). The van der Waals surface area contributed by atoms with Crippen molar-refractivity contribution >= 4 is 23.5 Å². The molecule has 0 heterocycles. The van der Waals surface area contributed by atoms with Crippen molar-refractivity contribution in [2.75, 3.05) is 6.61 Å². The van der Waals surface area contributed by atoms with Gasteiger partial charge in [-0.2, -0.15) is 0 Å². The van der Waals surface area contributed by atoms with E-state index in [0.29, 0.717) is 12.2 Å². The molecule has 0 aliphatic heterocycles. The summed E-state index contributed by atoms with van der Waals surface area (Å²) in [6.07, 6.45) is 0.474. The van der Waals surface area contributed by atoms with Gasteiger partial charge in [-0.05, 0) is 32.4 Å². The van der Waals surface area contributed by atoms with Gasteiger partial charge in [0.2, 0.25) is 0 Å². The Balaban J connectivity index is 3.04. The first-order valence-electron chi connectivity index (χ1n) is 6.64. The molecule has 0 saturated heterocycles. The van der Waals surface area contributed by atoms with E-state index in [1.165, 1.54) is 38.1 Å². The molecular weight excluding hydrogens is 290 g/mol. The molecule has 0 fully saturated rings. The van der Waals surface area contributed by atoms with Crippen molar-refractivity contribution in [2.24, 2.45) is 0 Å². The predicted molar refractivity (Wildman–Crippen MR) is 78.9 cm³/mol. The average molecular weight is 307 g/mol. The second-order valence-corrected chi connectivity index (χ2v) is 4.39. The number of ketones is 1. The minimum absolute atomic E-state index is 0.132. The van der Waals surface area contributed by atoms with Gasteiger partial charge in [-0.25, -0.2) is 4.79 Å². The van der Waals surface area contributed by atoms with E-state index in [2.05, 4.69) is 0 Å². The standard InChI is InChI=1S/C15H17NO6/c1-4-21-11(3)22-15(18)14(10(2)17)9-12-6-5-7-13(8-12)16(19)20/h5-9,11H,4H2,1-3H3/b14-9+/t11-/m0/s1. The maximum atomic E-state index is 12.0. The number of non-ortho nitro benzene ring substituents is 1. The maximum Gasteiger partial charge on any atom is 0.344 e. The summed E-state index contributed by atoms with van der Waals surface area (Å²) in [7, 11) is 0. The first kappa shape index (κ1) is 17.5. The highest BCUT2D eigenvalue weighted by Gasteiger charge is 2.19. The van der Waals surface area contributed by atoms with Gasteiger partial charge in [0, 0.05) is 18.7 Å². The number of carbonyl (C=O) groups excluding carboxylic acids is 2. The highest BCUT2D eigenvalue weighted by Crippen LogP contribution is 2.17. The van der Waals surface area contributed by atoms with E-state index in [1.54, 1.807) is 13.0 Å². The third-order valence-corrected chi connectivity index (χ3v) is 2.67. The first-order valence-corrected chi connectivity index (χ1v) is 6.64. The van der Waals surface area contributed by atoms with Crippen molar-refractivity contribution in [2.45, 2.75) is 27.1 Å². The zero-order chi connectivity index (χ0) is 16.7. The minimum atomic E-state index is -0.833. The Bertz CT molecular complexity index is 608. The predicted octanol–water partition coefficient (Wildman–Crippen LogP) is 2.49. The Morgan fingerprint density at radius 2 is 2.09 bits per heavy atom. The molecule has 0 aliphatic carbocycles. The van der Waals surface area contributed by atoms with Crippen LogP contribution in [0.2, 0.25) is 0 Å². The SMILES string of the molecule is CCO[C@H](C)OC(=O)/C(=C/c1cccc([N+](=O)[O-])c1)C(C)=O. The largest absolute Gasteiger partial charge is 0.432 e. The summed E-state index contributed by atoms with van der Waals surface area (Å²) in [5.74, 6) is -1.33. The summed E-state index contributed by atoms with van der Waals surface area (Å²) in [5.41, 5.74) is 0.0279. The molecule has 0 spiro atoms. The number of rotatable bonds is 7. The van der Waals surface area contributed by atoms with Gasteiger partial charge in [0.25, 0.3) is 5.69 Å². The van der Waals surface area contributed by atoms with Crippen molar-refractivity contribution in [1.29, 1.82) is 0 Å². The molecule has 0 saturated carbocycles. The maximum absolute atomic E-state index is 12.0. The molecule has 7 heteroatoms. The third kappa shape index (κ3) is 5.10. The Hall–Kier alpha value is -2.54. The lowest BCUT2D eigenvalue weighted by molar-refractivity contribution is -0.384. The number of nitro groups is 1. The van der Waals surface area contributed by atoms with Crippen LogP contribution in [0.3, 0.4) is 0 Å². The van der Waals surface area contributed by atoms with E-state index >= 15 is 0 Å². The summed E-state index contributed by atoms with van der Waals surface area (Å²) in [5, 5.41) is 10.7. The molecule has 1 aromatic rings. The fraction of sp³-hybridized carbons (Fsp3) is 0.333. The number of carbonyl (C=O) groups is 2. The number of hydrogen-bond donors (Lipinski definition) is 0. The summed E-state index contributed by atoms with van der Waals surface area (Å²) >= 11 is 0. The van der Waals surface area contributed by atoms with Gasteiger partial charge in [-0.15, -0.1) is 0 Å². The first-order chi connectivity index (χ1) is 10.3. The van der Waals surface area contributed by atoms with E-state index in [9.17, 15) is 19.7 Å². The molecule has 0 bridgehead atoms. The van der Waals surface area contributed by atoms with E-state index < -0.39 is 23.0 Å². The van der Waals surface area contributed by atoms with Crippen LogP contribution in [0.25, 0.3) is 6.08 Å².